The van der Waals surface area contributed by atoms with E-state index in [-0.39, 0.29) is 6.03 Å². The number of hydrogen-bond donors (Lipinski definition) is 2. The van der Waals surface area contributed by atoms with Crippen LogP contribution in [-0.2, 0) is 13.0 Å². The van der Waals surface area contributed by atoms with Gasteiger partial charge in [0.15, 0.2) is 0 Å². The smallest absolute Gasteiger partial charge is 0.315 e. The number of carbonyl (C=O) groups excluding carboxylic acids is 1. The second-order valence-corrected chi connectivity index (χ2v) is 4.82. The molecule has 0 spiro atoms. The predicted octanol–water partition coefficient (Wildman–Crippen LogP) is 2.27. The molecule has 0 bridgehead atoms. The van der Waals surface area contributed by atoms with Crippen LogP contribution < -0.4 is 10.6 Å². The summed E-state index contributed by atoms with van der Waals surface area (Å²) in [7, 11) is 0. The van der Waals surface area contributed by atoms with Crippen LogP contribution in [-0.4, -0.2) is 12.1 Å². The second kappa shape index (κ2) is 4.66. The van der Waals surface area contributed by atoms with Crippen LogP contribution >= 0.6 is 11.3 Å². The Balaban J connectivity index is 1.78. The van der Waals surface area contributed by atoms with Crippen LogP contribution in [0.1, 0.15) is 30.2 Å². The molecule has 1 aromatic heterocycles. The number of urea groups is 1. The molecule has 2 amide bonds. The molecule has 0 saturated heterocycles. The summed E-state index contributed by atoms with van der Waals surface area (Å²) in [4.78, 5) is 12.6. The summed E-state index contributed by atoms with van der Waals surface area (Å²) in [6.07, 6.45) is 3.30. The second-order valence-electron chi connectivity index (χ2n) is 3.82. The summed E-state index contributed by atoms with van der Waals surface area (Å²) in [6.45, 7) is 2.79. The average Bonchev–Trinajstić information content (AvgIpc) is 2.92. The molecule has 2 rings (SSSR count). The molecule has 15 heavy (non-hydrogen) atoms. The maximum atomic E-state index is 11.4. The summed E-state index contributed by atoms with van der Waals surface area (Å²) in [5.41, 5.74) is 1.34. The number of carbonyl (C=O) groups is 1. The van der Waals surface area contributed by atoms with E-state index in [0.717, 1.165) is 19.3 Å². The monoisotopic (exact) mass is 224 g/mol. The van der Waals surface area contributed by atoms with Crippen molar-refractivity contribution in [1.82, 2.24) is 10.6 Å². The molecule has 1 saturated carbocycles. The Hall–Kier alpha value is -1.03. The van der Waals surface area contributed by atoms with E-state index < -0.39 is 0 Å². The fraction of sp³-hybridized carbons (Fsp3) is 0.545. The lowest BCUT2D eigenvalue weighted by atomic mass is 10.2. The van der Waals surface area contributed by atoms with E-state index in [0.29, 0.717) is 12.6 Å². The van der Waals surface area contributed by atoms with Crippen molar-refractivity contribution in [2.75, 3.05) is 0 Å². The van der Waals surface area contributed by atoms with Gasteiger partial charge in [0.1, 0.15) is 0 Å². The molecular weight excluding hydrogens is 208 g/mol. The van der Waals surface area contributed by atoms with Crippen molar-refractivity contribution in [2.24, 2.45) is 0 Å². The Bertz CT molecular complexity index is 344. The zero-order chi connectivity index (χ0) is 10.7. The van der Waals surface area contributed by atoms with Crippen LogP contribution in [0.15, 0.2) is 11.4 Å². The Labute approximate surface area is 93.9 Å². The first-order chi connectivity index (χ1) is 7.29. The van der Waals surface area contributed by atoms with Gasteiger partial charge in [-0.1, -0.05) is 6.92 Å². The number of hydrogen-bond acceptors (Lipinski definition) is 2. The van der Waals surface area contributed by atoms with Crippen LogP contribution in [0.2, 0.25) is 0 Å². The van der Waals surface area contributed by atoms with E-state index in [2.05, 4.69) is 29.0 Å². The van der Waals surface area contributed by atoms with Gasteiger partial charge in [0.25, 0.3) is 0 Å². The molecule has 82 valence electrons. The lowest BCUT2D eigenvalue weighted by Crippen LogP contribution is -2.36. The molecule has 3 nitrogen and oxygen atoms in total. The van der Waals surface area contributed by atoms with Gasteiger partial charge in [-0.3, -0.25) is 0 Å². The third-order valence-electron chi connectivity index (χ3n) is 2.54. The third-order valence-corrected chi connectivity index (χ3v) is 3.50. The van der Waals surface area contributed by atoms with Crippen LogP contribution in [0.25, 0.3) is 0 Å². The van der Waals surface area contributed by atoms with Gasteiger partial charge in [0.05, 0.1) is 6.54 Å². The lowest BCUT2D eigenvalue weighted by molar-refractivity contribution is 0.240. The van der Waals surface area contributed by atoms with Gasteiger partial charge in [-0.15, -0.1) is 11.3 Å². The summed E-state index contributed by atoms with van der Waals surface area (Å²) in [5.74, 6) is 0. The highest BCUT2D eigenvalue weighted by Gasteiger charge is 2.22. The molecule has 0 atom stereocenters. The van der Waals surface area contributed by atoms with Crippen LogP contribution in [0.5, 0.6) is 0 Å². The fourth-order valence-corrected chi connectivity index (χ4v) is 2.38. The molecule has 0 aliphatic heterocycles. The Morgan fingerprint density at radius 1 is 1.60 bits per heavy atom. The van der Waals surface area contributed by atoms with Crippen molar-refractivity contribution in [2.45, 2.75) is 38.8 Å². The Morgan fingerprint density at radius 3 is 3.07 bits per heavy atom. The van der Waals surface area contributed by atoms with Crippen molar-refractivity contribution >= 4 is 17.4 Å². The molecular formula is C11H16N2OS. The highest BCUT2D eigenvalue weighted by atomic mass is 32.1. The predicted molar refractivity (Wildman–Crippen MR) is 62.1 cm³/mol. The SMILES string of the molecule is CCc1ccsc1CNC(=O)NC1CC1. The zero-order valence-electron chi connectivity index (χ0n) is 8.88. The Kier molecular flexibility index (Phi) is 3.26. The van der Waals surface area contributed by atoms with Gasteiger partial charge in [-0.25, -0.2) is 4.79 Å². The van der Waals surface area contributed by atoms with E-state index in [4.69, 9.17) is 0 Å². The molecule has 1 fully saturated rings. The Morgan fingerprint density at radius 2 is 2.40 bits per heavy atom. The minimum Gasteiger partial charge on any atom is -0.335 e. The molecule has 4 heteroatoms. The fourth-order valence-electron chi connectivity index (χ4n) is 1.46. The summed E-state index contributed by atoms with van der Waals surface area (Å²) in [6, 6.07) is 2.52. The van der Waals surface area contributed by atoms with E-state index in [1.807, 2.05) is 0 Å². The van der Waals surface area contributed by atoms with Gasteiger partial charge < -0.3 is 10.6 Å². The molecule has 1 aliphatic rings. The van der Waals surface area contributed by atoms with Crippen molar-refractivity contribution in [3.05, 3.63) is 21.9 Å². The van der Waals surface area contributed by atoms with E-state index in [9.17, 15) is 4.79 Å². The van der Waals surface area contributed by atoms with Crippen LogP contribution in [0.3, 0.4) is 0 Å². The van der Waals surface area contributed by atoms with Gasteiger partial charge in [-0.05, 0) is 36.3 Å². The molecule has 0 unspecified atom stereocenters. The van der Waals surface area contributed by atoms with Crippen LogP contribution in [0.4, 0.5) is 4.79 Å². The number of aryl methyl sites for hydroxylation is 1. The average molecular weight is 224 g/mol. The topological polar surface area (TPSA) is 41.1 Å². The summed E-state index contributed by atoms with van der Waals surface area (Å²) in [5, 5.41) is 7.88. The summed E-state index contributed by atoms with van der Waals surface area (Å²) < 4.78 is 0. The minimum absolute atomic E-state index is 0.0343. The molecule has 1 heterocycles. The number of amides is 2. The lowest BCUT2D eigenvalue weighted by Gasteiger charge is -2.06. The molecule has 0 aromatic carbocycles. The maximum absolute atomic E-state index is 11.4. The molecule has 1 aromatic rings. The third kappa shape index (κ3) is 2.96. The van der Waals surface area contributed by atoms with E-state index in [1.165, 1.54) is 10.4 Å². The highest BCUT2D eigenvalue weighted by molar-refractivity contribution is 7.10. The molecule has 2 N–H and O–H groups in total. The van der Waals surface area contributed by atoms with Crippen molar-refractivity contribution in [3.8, 4) is 0 Å². The van der Waals surface area contributed by atoms with Crippen molar-refractivity contribution in [3.63, 3.8) is 0 Å². The van der Waals surface area contributed by atoms with Crippen molar-refractivity contribution < 1.29 is 4.79 Å². The first-order valence-electron chi connectivity index (χ1n) is 5.39. The first-order valence-corrected chi connectivity index (χ1v) is 6.27. The van der Waals surface area contributed by atoms with Crippen molar-refractivity contribution in [1.29, 1.82) is 0 Å². The number of rotatable bonds is 4. The minimum atomic E-state index is -0.0343. The van der Waals surface area contributed by atoms with Crippen LogP contribution in [0, 0.1) is 0 Å². The number of nitrogens with one attached hydrogen (secondary N) is 2. The van der Waals surface area contributed by atoms with Gasteiger partial charge in [0.2, 0.25) is 0 Å². The normalized spacial score (nSPS) is 15.0. The highest BCUT2D eigenvalue weighted by Crippen LogP contribution is 2.19. The maximum Gasteiger partial charge on any atom is 0.315 e. The standard InChI is InChI=1S/C11H16N2OS/c1-2-8-5-6-15-10(8)7-12-11(14)13-9-3-4-9/h5-6,9H,2-4,7H2,1H3,(H2,12,13,14). The molecule has 0 radical (unpaired) electrons. The van der Waals surface area contributed by atoms with E-state index >= 15 is 0 Å². The molecule has 1 aliphatic carbocycles. The first kappa shape index (κ1) is 10.5. The zero-order valence-corrected chi connectivity index (χ0v) is 9.69. The van der Waals surface area contributed by atoms with Gasteiger partial charge >= 0.3 is 6.03 Å². The quantitative estimate of drug-likeness (QED) is 0.809. The summed E-state index contributed by atoms with van der Waals surface area (Å²) >= 11 is 1.71. The largest absolute Gasteiger partial charge is 0.335 e. The van der Waals surface area contributed by atoms with Gasteiger partial charge in [0, 0.05) is 10.9 Å². The number of thiophene rings is 1. The van der Waals surface area contributed by atoms with Gasteiger partial charge in [-0.2, -0.15) is 0 Å². The van der Waals surface area contributed by atoms with E-state index in [1.54, 1.807) is 11.3 Å².